The van der Waals surface area contributed by atoms with Crippen LogP contribution in [0.3, 0.4) is 0 Å². The number of likely N-dealkylation sites (tertiary alicyclic amines) is 1. The number of amides is 1. The number of H-pyrrole nitrogens is 1. The van der Waals surface area contributed by atoms with Crippen LogP contribution < -0.4 is 10.9 Å². The molecule has 2 aromatic carbocycles. The molecule has 3 N–H and O–H groups in total. The van der Waals surface area contributed by atoms with Crippen LogP contribution in [0.2, 0.25) is 0 Å². The van der Waals surface area contributed by atoms with Crippen molar-refractivity contribution < 1.29 is 9.18 Å². The number of aromatic amines is 1. The summed E-state index contributed by atoms with van der Waals surface area (Å²) >= 11 is 0. The zero-order valence-electron chi connectivity index (χ0n) is 15.7. The van der Waals surface area contributed by atoms with E-state index in [4.69, 9.17) is 0 Å². The van der Waals surface area contributed by atoms with Gasteiger partial charge in [-0.25, -0.2) is 9.82 Å². The zero-order valence-corrected chi connectivity index (χ0v) is 15.7. The smallest absolute Gasteiger partial charge is 0.270 e. The Morgan fingerprint density at radius 1 is 1.11 bits per heavy atom. The maximum Gasteiger partial charge on any atom is 0.270 e. The molecule has 5 rings (SSSR count). The second-order valence-electron chi connectivity index (χ2n) is 7.77. The predicted molar refractivity (Wildman–Crippen MR) is 106 cm³/mol. The summed E-state index contributed by atoms with van der Waals surface area (Å²) in [5.41, 5.74) is 9.74. The van der Waals surface area contributed by atoms with Gasteiger partial charge in [-0.15, -0.1) is 0 Å². The number of aromatic nitrogens is 1. The number of aryl methyl sites for hydroxylation is 1. The number of fused-ring (bicyclic) bond motifs is 2. The molecule has 144 valence electrons. The molecular formula is C22H23FN4O. The van der Waals surface area contributed by atoms with Gasteiger partial charge in [0.25, 0.3) is 5.91 Å². The van der Waals surface area contributed by atoms with Crippen LogP contribution in [0.15, 0.2) is 48.5 Å². The lowest BCUT2D eigenvalue weighted by molar-refractivity contribution is 0.0647. The molecule has 3 atom stereocenters. The molecule has 0 radical (unpaired) electrons. The van der Waals surface area contributed by atoms with Crippen molar-refractivity contribution in [3.63, 3.8) is 0 Å². The van der Waals surface area contributed by atoms with Crippen molar-refractivity contribution in [1.82, 2.24) is 20.7 Å². The number of carbonyl (C=O) groups is 1. The van der Waals surface area contributed by atoms with E-state index < -0.39 is 0 Å². The predicted octanol–water partition coefficient (Wildman–Crippen LogP) is 3.30. The van der Waals surface area contributed by atoms with E-state index in [-0.39, 0.29) is 17.8 Å². The Bertz CT molecular complexity index is 1030. The topological polar surface area (TPSA) is 60.2 Å². The van der Waals surface area contributed by atoms with E-state index in [9.17, 15) is 9.18 Å². The molecule has 2 saturated heterocycles. The highest BCUT2D eigenvalue weighted by Crippen LogP contribution is 2.34. The van der Waals surface area contributed by atoms with Crippen molar-refractivity contribution in [2.24, 2.45) is 5.92 Å². The number of rotatable bonds is 2. The molecule has 6 heteroatoms. The molecule has 3 unspecified atom stereocenters. The van der Waals surface area contributed by atoms with Gasteiger partial charge < -0.3 is 9.88 Å². The first kappa shape index (κ1) is 17.4. The highest BCUT2D eigenvalue weighted by atomic mass is 19.1. The van der Waals surface area contributed by atoms with Crippen LogP contribution >= 0.6 is 0 Å². The number of carbonyl (C=O) groups excluding carboxylic acids is 1. The van der Waals surface area contributed by atoms with E-state index in [1.165, 1.54) is 11.6 Å². The van der Waals surface area contributed by atoms with Crippen molar-refractivity contribution in [1.29, 1.82) is 0 Å². The third-order valence-corrected chi connectivity index (χ3v) is 6.21. The zero-order chi connectivity index (χ0) is 19.3. The Hall–Kier alpha value is -2.70. The number of nitrogens with one attached hydrogen (secondary N) is 3. The van der Waals surface area contributed by atoms with Crippen molar-refractivity contribution in [2.45, 2.75) is 25.4 Å². The van der Waals surface area contributed by atoms with Gasteiger partial charge >= 0.3 is 0 Å². The number of para-hydroxylation sites is 1. The van der Waals surface area contributed by atoms with Gasteiger partial charge in [0.15, 0.2) is 0 Å². The van der Waals surface area contributed by atoms with Crippen molar-refractivity contribution in [3.05, 3.63) is 71.2 Å². The van der Waals surface area contributed by atoms with Crippen molar-refractivity contribution in [2.75, 3.05) is 13.1 Å². The number of hydrazine groups is 1. The molecule has 0 spiro atoms. The van der Waals surface area contributed by atoms with Crippen LogP contribution in [0.25, 0.3) is 10.9 Å². The summed E-state index contributed by atoms with van der Waals surface area (Å²) in [7, 11) is 0. The SMILES string of the molecule is Cc1c(C(=O)N2CCC3NNC(c4ccccc4)C3C2)[nH]c2c(F)cccc12. The quantitative estimate of drug-likeness (QED) is 0.641. The molecule has 3 aromatic rings. The van der Waals surface area contributed by atoms with E-state index in [1.807, 2.05) is 36.1 Å². The second kappa shape index (κ2) is 6.72. The summed E-state index contributed by atoms with van der Waals surface area (Å²) in [5.74, 6) is -0.0847. The van der Waals surface area contributed by atoms with Crippen LogP contribution in [0.1, 0.15) is 34.1 Å². The van der Waals surface area contributed by atoms with E-state index in [1.54, 1.807) is 6.07 Å². The van der Waals surface area contributed by atoms with Gasteiger partial charge in [-0.05, 0) is 30.5 Å². The molecule has 2 fully saturated rings. The van der Waals surface area contributed by atoms with Gasteiger partial charge in [-0.3, -0.25) is 10.2 Å². The van der Waals surface area contributed by atoms with Crippen LogP contribution in [-0.4, -0.2) is 34.9 Å². The molecule has 1 amide bonds. The van der Waals surface area contributed by atoms with Crippen LogP contribution in [0.5, 0.6) is 0 Å². The fourth-order valence-electron chi connectivity index (χ4n) is 4.67. The van der Waals surface area contributed by atoms with Gasteiger partial charge in [0.2, 0.25) is 0 Å². The Labute approximate surface area is 162 Å². The minimum absolute atomic E-state index is 0.0507. The Kier molecular flexibility index (Phi) is 4.18. The summed E-state index contributed by atoms with van der Waals surface area (Å²) in [4.78, 5) is 18.2. The van der Waals surface area contributed by atoms with E-state index in [0.717, 1.165) is 17.4 Å². The van der Waals surface area contributed by atoms with Crippen molar-refractivity contribution >= 4 is 16.8 Å². The van der Waals surface area contributed by atoms with Gasteiger partial charge in [0.1, 0.15) is 11.5 Å². The minimum atomic E-state index is -0.327. The van der Waals surface area contributed by atoms with Crippen LogP contribution in [0.4, 0.5) is 4.39 Å². The molecule has 28 heavy (non-hydrogen) atoms. The van der Waals surface area contributed by atoms with E-state index >= 15 is 0 Å². The van der Waals surface area contributed by atoms with E-state index in [2.05, 4.69) is 28.0 Å². The fraction of sp³-hybridized carbons (Fsp3) is 0.318. The molecule has 0 aliphatic carbocycles. The maximum absolute atomic E-state index is 14.1. The summed E-state index contributed by atoms with van der Waals surface area (Å²) in [6.07, 6.45) is 0.889. The highest BCUT2D eigenvalue weighted by molar-refractivity contribution is 6.01. The number of hydrogen-bond donors (Lipinski definition) is 3. The molecule has 1 aromatic heterocycles. The minimum Gasteiger partial charge on any atom is -0.348 e. The highest BCUT2D eigenvalue weighted by Gasteiger charge is 2.42. The Morgan fingerprint density at radius 3 is 2.71 bits per heavy atom. The molecule has 2 aliphatic rings. The average Bonchev–Trinajstić information content (AvgIpc) is 3.30. The van der Waals surface area contributed by atoms with Crippen molar-refractivity contribution in [3.8, 4) is 0 Å². The molecular weight excluding hydrogens is 355 g/mol. The number of nitrogens with zero attached hydrogens (tertiary/aromatic N) is 1. The van der Waals surface area contributed by atoms with Crippen LogP contribution in [0, 0.1) is 18.7 Å². The molecule has 3 heterocycles. The largest absolute Gasteiger partial charge is 0.348 e. The van der Waals surface area contributed by atoms with Gasteiger partial charge in [0.05, 0.1) is 11.6 Å². The first-order valence-electron chi connectivity index (χ1n) is 9.75. The van der Waals surface area contributed by atoms with Gasteiger partial charge in [-0.1, -0.05) is 42.5 Å². The Morgan fingerprint density at radius 2 is 1.93 bits per heavy atom. The lowest BCUT2D eigenvalue weighted by Gasteiger charge is -2.36. The fourth-order valence-corrected chi connectivity index (χ4v) is 4.67. The van der Waals surface area contributed by atoms with E-state index in [0.29, 0.717) is 36.3 Å². The lowest BCUT2D eigenvalue weighted by Crippen LogP contribution is -2.48. The Balaban J connectivity index is 1.42. The first-order chi connectivity index (χ1) is 13.6. The molecule has 0 saturated carbocycles. The third-order valence-electron chi connectivity index (χ3n) is 6.21. The van der Waals surface area contributed by atoms with Crippen LogP contribution in [-0.2, 0) is 0 Å². The number of hydrogen-bond acceptors (Lipinski definition) is 3. The molecule has 5 nitrogen and oxygen atoms in total. The average molecular weight is 378 g/mol. The summed E-state index contributed by atoms with van der Waals surface area (Å²) in [5, 5.41) is 0.768. The number of halogens is 1. The first-order valence-corrected chi connectivity index (χ1v) is 9.75. The molecule has 0 bridgehead atoms. The standard InChI is InChI=1S/C22H23FN4O/c1-13-15-8-5-9-17(23)21(15)24-19(13)22(28)27-11-10-18-16(12-27)20(26-25-18)14-6-3-2-4-7-14/h2-9,16,18,20,24-26H,10-12H2,1H3. The maximum atomic E-state index is 14.1. The monoisotopic (exact) mass is 378 g/mol. The normalized spacial score (nSPS) is 24.5. The summed E-state index contributed by atoms with van der Waals surface area (Å²) < 4.78 is 14.1. The van der Waals surface area contributed by atoms with Gasteiger partial charge in [0, 0.05) is 30.4 Å². The van der Waals surface area contributed by atoms with Gasteiger partial charge in [-0.2, -0.15) is 0 Å². The second-order valence-corrected chi connectivity index (χ2v) is 7.77. The third kappa shape index (κ3) is 2.72. The summed E-state index contributed by atoms with van der Waals surface area (Å²) in [6.45, 7) is 3.23. The number of benzene rings is 2. The number of piperidine rings is 1. The summed E-state index contributed by atoms with van der Waals surface area (Å²) in [6, 6.07) is 15.8. The lowest BCUT2D eigenvalue weighted by atomic mass is 9.85. The molecule has 2 aliphatic heterocycles.